The van der Waals surface area contributed by atoms with E-state index < -0.39 is 0 Å². The van der Waals surface area contributed by atoms with E-state index in [4.69, 9.17) is 0 Å². The van der Waals surface area contributed by atoms with Gasteiger partial charge in [-0.2, -0.15) is 0 Å². The molecule has 3 aromatic carbocycles. The van der Waals surface area contributed by atoms with Crippen molar-refractivity contribution in [3.05, 3.63) is 89.5 Å². The monoisotopic (exact) mass is 388 g/mol. The zero-order valence-corrected chi connectivity index (χ0v) is 16.3. The Kier molecular flexibility index (Phi) is 5.17. The van der Waals surface area contributed by atoms with Crippen LogP contribution in [0, 0.1) is 0 Å². The molecule has 0 fully saturated rings. The summed E-state index contributed by atoms with van der Waals surface area (Å²) in [5.41, 5.74) is 4.24. The van der Waals surface area contributed by atoms with Crippen molar-refractivity contribution in [2.24, 2.45) is 0 Å². The number of amides is 2. The van der Waals surface area contributed by atoms with Crippen molar-refractivity contribution in [1.29, 1.82) is 0 Å². The molecule has 0 aliphatic carbocycles. The number of benzene rings is 3. The van der Waals surface area contributed by atoms with Crippen LogP contribution in [0.2, 0.25) is 0 Å². The van der Waals surface area contributed by atoms with E-state index in [1.165, 1.54) is 17.3 Å². The molecule has 2 amide bonds. The van der Waals surface area contributed by atoms with Crippen LogP contribution in [0.1, 0.15) is 28.4 Å². The molecule has 0 unspecified atom stereocenters. The molecule has 3 aromatic rings. The fourth-order valence-electron chi connectivity index (χ4n) is 3.16. The largest absolute Gasteiger partial charge is 0.324 e. The van der Waals surface area contributed by atoms with E-state index in [1.54, 1.807) is 12.1 Å². The van der Waals surface area contributed by atoms with Crippen molar-refractivity contribution in [2.45, 2.75) is 23.5 Å². The van der Waals surface area contributed by atoms with Gasteiger partial charge in [0, 0.05) is 16.1 Å². The van der Waals surface area contributed by atoms with Crippen LogP contribution in [0.3, 0.4) is 0 Å². The van der Waals surface area contributed by atoms with Crippen LogP contribution in [-0.2, 0) is 11.2 Å². The number of carbonyl (C=O) groups excluding carboxylic acids is 2. The molecule has 5 heteroatoms. The highest BCUT2D eigenvalue weighted by Gasteiger charge is 2.23. The lowest BCUT2D eigenvalue weighted by atomic mass is 10.0. The maximum atomic E-state index is 12.8. The summed E-state index contributed by atoms with van der Waals surface area (Å²) in [6.45, 7) is 1.87. The highest BCUT2D eigenvalue weighted by Crippen LogP contribution is 2.36. The number of nitrogens with one attached hydrogen (secondary N) is 2. The Morgan fingerprint density at radius 1 is 1.04 bits per heavy atom. The molecule has 0 saturated carbocycles. The molecular formula is C23H20N2O2S. The van der Waals surface area contributed by atoms with Gasteiger partial charge in [0.05, 0.1) is 10.9 Å². The fraction of sp³-hybridized carbons (Fsp3) is 0.130. The van der Waals surface area contributed by atoms with E-state index in [2.05, 4.69) is 22.8 Å². The first-order valence-corrected chi connectivity index (χ1v) is 10.0. The van der Waals surface area contributed by atoms with Crippen LogP contribution in [0.5, 0.6) is 0 Å². The van der Waals surface area contributed by atoms with Gasteiger partial charge < -0.3 is 10.6 Å². The molecule has 1 aliphatic rings. The van der Waals surface area contributed by atoms with Crippen LogP contribution in [0.4, 0.5) is 11.4 Å². The molecule has 1 heterocycles. The number of carbonyl (C=O) groups is 2. The topological polar surface area (TPSA) is 58.2 Å². The number of para-hydroxylation sites is 1. The highest BCUT2D eigenvalue weighted by molar-refractivity contribution is 8.00. The normalized spacial score (nSPS) is 15.5. The quantitative estimate of drug-likeness (QED) is 0.664. The van der Waals surface area contributed by atoms with E-state index in [0.29, 0.717) is 11.3 Å². The van der Waals surface area contributed by atoms with Crippen molar-refractivity contribution in [3.63, 3.8) is 0 Å². The fourth-order valence-corrected chi connectivity index (χ4v) is 4.09. The second-order valence-corrected chi connectivity index (χ2v) is 8.12. The summed E-state index contributed by atoms with van der Waals surface area (Å²) in [5.74, 6) is -0.232. The summed E-state index contributed by atoms with van der Waals surface area (Å²) in [7, 11) is 0. The molecule has 1 aliphatic heterocycles. The lowest BCUT2D eigenvalue weighted by molar-refractivity contribution is -0.115. The predicted octanol–water partition coefficient (Wildman–Crippen LogP) is 4.96. The summed E-state index contributed by atoms with van der Waals surface area (Å²) < 4.78 is 0. The van der Waals surface area contributed by atoms with Crippen LogP contribution >= 0.6 is 11.8 Å². The average molecular weight is 388 g/mol. The lowest BCUT2D eigenvalue weighted by Gasteiger charge is -2.21. The van der Waals surface area contributed by atoms with E-state index in [0.717, 1.165) is 22.6 Å². The molecule has 0 spiro atoms. The molecule has 2 N–H and O–H groups in total. The number of hydrogen-bond acceptors (Lipinski definition) is 3. The third kappa shape index (κ3) is 3.94. The van der Waals surface area contributed by atoms with Crippen molar-refractivity contribution in [2.75, 3.05) is 10.6 Å². The minimum absolute atomic E-state index is 0.0386. The summed E-state index contributed by atoms with van der Waals surface area (Å²) in [4.78, 5) is 25.7. The van der Waals surface area contributed by atoms with E-state index >= 15 is 0 Å². The van der Waals surface area contributed by atoms with Crippen LogP contribution in [0.15, 0.2) is 77.7 Å². The Balaban J connectivity index is 1.55. The number of anilines is 2. The van der Waals surface area contributed by atoms with E-state index in [9.17, 15) is 9.59 Å². The minimum Gasteiger partial charge on any atom is -0.324 e. The van der Waals surface area contributed by atoms with Crippen LogP contribution in [0.25, 0.3) is 0 Å². The second kappa shape index (κ2) is 7.90. The first-order valence-electron chi connectivity index (χ1n) is 9.15. The van der Waals surface area contributed by atoms with Crippen LogP contribution < -0.4 is 10.6 Å². The van der Waals surface area contributed by atoms with Crippen molar-refractivity contribution < 1.29 is 9.59 Å². The van der Waals surface area contributed by atoms with Crippen molar-refractivity contribution in [1.82, 2.24) is 0 Å². The van der Waals surface area contributed by atoms with Gasteiger partial charge in [0.1, 0.15) is 0 Å². The Morgan fingerprint density at radius 3 is 2.61 bits per heavy atom. The standard InChI is InChI=1S/C23H20N2O2S/c1-15-22(26)25-20-14-18(11-12-21(20)28-15)23(27)24-19-10-6-5-9-17(19)13-16-7-3-2-4-8-16/h2-12,14-15H,13H2,1H3,(H,24,27)(H,25,26)/t15-/m1/s1. The third-order valence-electron chi connectivity index (χ3n) is 4.68. The van der Waals surface area contributed by atoms with Gasteiger partial charge in [-0.3, -0.25) is 9.59 Å². The molecule has 0 aromatic heterocycles. The molecule has 0 saturated heterocycles. The Labute approximate surface area is 168 Å². The Hall–Kier alpha value is -3.05. The van der Waals surface area contributed by atoms with Crippen LogP contribution in [-0.4, -0.2) is 17.1 Å². The smallest absolute Gasteiger partial charge is 0.255 e. The molecule has 1 atom stereocenters. The SMILES string of the molecule is C[C@H]1Sc2ccc(C(=O)Nc3ccccc3Cc3ccccc3)cc2NC1=O. The average Bonchev–Trinajstić information content (AvgIpc) is 2.71. The number of rotatable bonds is 4. The van der Waals surface area contributed by atoms with Gasteiger partial charge in [-0.15, -0.1) is 11.8 Å². The highest BCUT2D eigenvalue weighted by atomic mass is 32.2. The van der Waals surface area contributed by atoms with Gasteiger partial charge >= 0.3 is 0 Å². The summed E-state index contributed by atoms with van der Waals surface area (Å²) in [6, 6.07) is 23.4. The molecule has 28 heavy (non-hydrogen) atoms. The third-order valence-corrected chi connectivity index (χ3v) is 5.85. The first-order chi connectivity index (χ1) is 13.6. The van der Waals surface area contributed by atoms with Crippen molar-refractivity contribution >= 4 is 35.0 Å². The molecule has 140 valence electrons. The van der Waals surface area contributed by atoms with E-state index in [-0.39, 0.29) is 17.1 Å². The summed E-state index contributed by atoms with van der Waals surface area (Å²) in [6.07, 6.45) is 0.742. The van der Waals surface area contributed by atoms with Gasteiger partial charge in [-0.05, 0) is 48.7 Å². The molecule has 4 rings (SSSR count). The van der Waals surface area contributed by atoms with E-state index in [1.807, 2.05) is 55.5 Å². The first kappa shape index (κ1) is 18.3. The minimum atomic E-state index is -0.193. The number of hydrogen-bond donors (Lipinski definition) is 2. The molecule has 0 bridgehead atoms. The number of fused-ring (bicyclic) bond motifs is 1. The van der Waals surface area contributed by atoms with Gasteiger partial charge in [-0.1, -0.05) is 48.5 Å². The molecule has 0 radical (unpaired) electrons. The zero-order chi connectivity index (χ0) is 19.5. The number of thioether (sulfide) groups is 1. The summed E-state index contributed by atoms with van der Waals surface area (Å²) >= 11 is 1.50. The molecular weight excluding hydrogens is 368 g/mol. The van der Waals surface area contributed by atoms with Gasteiger partial charge in [0.25, 0.3) is 5.91 Å². The van der Waals surface area contributed by atoms with Gasteiger partial charge in [0.2, 0.25) is 5.91 Å². The maximum absolute atomic E-state index is 12.8. The Morgan fingerprint density at radius 2 is 1.79 bits per heavy atom. The lowest BCUT2D eigenvalue weighted by Crippen LogP contribution is -2.26. The zero-order valence-electron chi connectivity index (χ0n) is 15.4. The maximum Gasteiger partial charge on any atom is 0.255 e. The predicted molar refractivity (Wildman–Crippen MR) is 114 cm³/mol. The second-order valence-electron chi connectivity index (χ2n) is 6.73. The Bertz CT molecular complexity index is 1030. The van der Waals surface area contributed by atoms with Crippen molar-refractivity contribution in [3.8, 4) is 0 Å². The van der Waals surface area contributed by atoms with Gasteiger partial charge in [-0.25, -0.2) is 0 Å². The van der Waals surface area contributed by atoms with Gasteiger partial charge in [0.15, 0.2) is 0 Å². The summed E-state index contributed by atoms with van der Waals surface area (Å²) in [5, 5.41) is 5.76. The molecule has 4 nitrogen and oxygen atoms in total.